The van der Waals surface area contributed by atoms with Gasteiger partial charge in [0, 0.05) is 15.7 Å². The monoisotopic (exact) mass is 248 g/mol. The molecule has 0 bridgehead atoms. The molecule has 17 heavy (non-hydrogen) atoms. The number of benzene rings is 1. The molecule has 1 aliphatic carbocycles. The molecule has 0 atom stereocenters. The number of nitrogens with two attached hydrogens (primary N) is 1. The Kier molecular flexibility index (Phi) is 4.11. The lowest BCUT2D eigenvalue weighted by Gasteiger charge is -2.21. The second kappa shape index (κ2) is 5.58. The van der Waals surface area contributed by atoms with E-state index in [9.17, 15) is 0 Å². The van der Waals surface area contributed by atoms with Crippen molar-refractivity contribution in [2.45, 2.75) is 49.2 Å². The summed E-state index contributed by atoms with van der Waals surface area (Å²) in [6.07, 6.45) is 6.85. The maximum Gasteiger partial charge on any atom is 0.123 e. The van der Waals surface area contributed by atoms with E-state index in [0.29, 0.717) is 0 Å². The number of nitrogen functional groups attached to an aromatic ring is 1. The molecule has 0 spiro atoms. The molecule has 3 N–H and O–H groups in total. The fourth-order valence-electron chi connectivity index (χ4n) is 2.39. The van der Waals surface area contributed by atoms with Gasteiger partial charge in [-0.2, -0.15) is 0 Å². The van der Waals surface area contributed by atoms with Gasteiger partial charge in [-0.3, -0.25) is 5.41 Å². The van der Waals surface area contributed by atoms with E-state index in [-0.39, 0.29) is 5.84 Å². The predicted molar refractivity (Wildman–Crippen MR) is 74.9 cm³/mol. The molecule has 0 amide bonds. The van der Waals surface area contributed by atoms with Gasteiger partial charge < -0.3 is 5.73 Å². The van der Waals surface area contributed by atoms with Gasteiger partial charge in [0.2, 0.25) is 0 Å². The maximum atomic E-state index is 7.47. The topological polar surface area (TPSA) is 49.9 Å². The lowest BCUT2D eigenvalue weighted by molar-refractivity contribution is 0.516. The van der Waals surface area contributed by atoms with Gasteiger partial charge >= 0.3 is 0 Å². The Morgan fingerprint density at radius 3 is 2.59 bits per heavy atom. The minimum Gasteiger partial charge on any atom is -0.384 e. The lowest BCUT2D eigenvalue weighted by Crippen LogP contribution is -2.13. The molecule has 0 heterocycles. The summed E-state index contributed by atoms with van der Waals surface area (Å²) in [6.45, 7) is 2.03. The van der Waals surface area contributed by atoms with Gasteiger partial charge in [0.05, 0.1) is 0 Å². The van der Waals surface area contributed by atoms with E-state index in [1.807, 2.05) is 24.8 Å². The average molecular weight is 248 g/mol. The highest BCUT2D eigenvalue weighted by atomic mass is 32.2. The Hall–Kier alpha value is -0.960. The molecule has 1 aromatic carbocycles. The van der Waals surface area contributed by atoms with Gasteiger partial charge in [-0.15, -0.1) is 11.8 Å². The van der Waals surface area contributed by atoms with Crippen LogP contribution < -0.4 is 5.73 Å². The first-order valence-corrected chi connectivity index (χ1v) is 7.16. The molecule has 0 unspecified atom stereocenters. The molecule has 3 heteroatoms. The van der Waals surface area contributed by atoms with Crippen molar-refractivity contribution in [1.29, 1.82) is 5.41 Å². The van der Waals surface area contributed by atoms with Crippen molar-refractivity contribution in [3.63, 3.8) is 0 Å². The van der Waals surface area contributed by atoms with Crippen molar-refractivity contribution in [2.75, 3.05) is 0 Å². The summed E-state index contributed by atoms with van der Waals surface area (Å²) in [7, 11) is 0. The Morgan fingerprint density at radius 1 is 1.29 bits per heavy atom. The summed E-state index contributed by atoms with van der Waals surface area (Å²) >= 11 is 1.99. The van der Waals surface area contributed by atoms with E-state index in [1.165, 1.54) is 37.0 Å². The van der Waals surface area contributed by atoms with E-state index in [4.69, 9.17) is 11.1 Å². The minimum absolute atomic E-state index is 0.164. The summed E-state index contributed by atoms with van der Waals surface area (Å²) in [5.74, 6) is 0.164. The third kappa shape index (κ3) is 3.25. The molecule has 0 aliphatic heterocycles. The predicted octanol–water partition coefficient (Wildman–Crippen LogP) is 3.70. The fraction of sp³-hybridized carbons (Fsp3) is 0.500. The fourth-order valence-corrected chi connectivity index (χ4v) is 3.73. The molecule has 0 aromatic heterocycles. The smallest absolute Gasteiger partial charge is 0.123 e. The molecule has 2 nitrogen and oxygen atoms in total. The molecule has 0 radical (unpaired) electrons. The van der Waals surface area contributed by atoms with Gasteiger partial charge in [0.15, 0.2) is 0 Å². The number of rotatable bonds is 3. The minimum atomic E-state index is 0.164. The van der Waals surface area contributed by atoms with Crippen LogP contribution in [0.25, 0.3) is 0 Å². The highest BCUT2D eigenvalue weighted by Gasteiger charge is 2.15. The Bertz CT molecular complexity index is 409. The van der Waals surface area contributed by atoms with Gasteiger partial charge in [-0.25, -0.2) is 0 Å². The Labute approximate surface area is 107 Å². The van der Waals surface area contributed by atoms with E-state index >= 15 is 0 Å². The van der Waals surface area contributed by atoms with E-state index in [1.54, 1.807) is 0 Å². The first-order valence-electron chi connectivity index (χ1n) is 6.28. The Balaban J connectivity index is 2.06. The Morgan fingerprint density at radius 2 is 2.00 bits per heavy atom. The van der Waals surface area contributed by atoms with Crippen molar-refractivity contribution in [2.24, 2.45) is 5.73 Å². The highest BCUT2D eigenvalue weighted by Crippen LogP contribution is 2.34. The van der Waals surface area contributed by atoms with Gasteiger partial charge in [-0.05, 0) is 43.5 Å². The molecule has 92 valence electrons. The summed E-state index contributed by atoms with van der Waals surface area (Å²) in [5, 5.41) is 8.25. The van der Waals surface area contributed by atoms with Crippen LogP contribution in [-0.4, -0.2) is 11.1 Å². The molecule has 1 saturated carbocycles. The van der Waals surface area contributed by atoms with Crippen molar-refractivity contribution in [1.82, 2.24) is 0 Å². The van der Waals surface area contributed by atoms with Crippen molar-refractivity contribution in [3.8, 4) is 0 Å². The second-order valence-electron chi connectivity index (χ2n) is 4.77. The molecule has 1 aliphatic rings. The number of hydrogen-bond acceptors (Lipinski definition) is 2. The van der Waals surface area contributed by atoms with Crippen molar-refractivity contribution < 1.29 is 0 Å². The van der Waals surface area contributed by atoms with Gasteiger partial charge in [0.25, 0.3) is 0 Å². The SMILES string of the molecule is Cc1cc(SC2CCCCC2)ccc1C(=N)N. The second-order valence-corrected chi connectivity index (χ2v) is 6.14. The zero-order valence-electron chi connectivity index (χ0n) is 10.3. The molecular formula is C14H20N2S. The van der Waals surface area contributed by atoms with Crippen LogP contribution in [-0.2, 0) is 0 Å². The van der Waals surface area contributed by atoms with Crippen LogP contribution in [0, 0.1) is 12.3 Å². The first-order chi connectivity index (χ1) is 8.16. The number of hydrogen-bond donors (Lipinski definition) is 2. The van der Waals surface area contributed by atoms with Crippen LogP contribution in [0.4, 0.5) is 0 Å². The van der Waals surface area contributed by atoms with Crippen LogP contribution >= 0.6 is 11.8 Å². The van der Waals surface area contributed by atoms with Crippen LogP contribution in [0.2, 0.25) is 0 Å². The molecule has 1 aromatic rings. The molecular weight excluding hydrogens is 228 g/mol. The number of aryl methyl sites for hydroxylation is 1. The summed E-state index contributed by atoms with van der Waals surface area (Å²) in [5.41, 5.74) is 7.49. The standard InChI is InChI=1S/C14H20N2S/c1-10-9-12(7-8-13(10)14(15)16)17-11-5-3-2-4-6-11/h7-9,11H,2-6H2,1H3,(H3,15,16). The van der Waals surface area contributed by atoms with E-state index in [0.717, 1.165) is 16.4 Å². The zero-order valence-corrected chi connectivity index (χ0v) is 11.1. The third-order valence-electron chi connectivity index (χ3n) is 3.34. The van der Waals surface area contributed by atoms with E-state index < -0.39 is 0 Å². The normalized spacial score (nSPS) is 17.0. The average Bonchev–Trinajstić information content (AvgIpc) is 2.30. The van der Waals surface area contributed by atoms with Crippen LogP contribution in [0.1, 0.15) is 43.2 Å². The third-order valence-corrected chi connectivity index (χ3v) is 4.67. The lowest BCUT2D eigenvalue weighted by atomic mass is 10.0. The molecule has 1 fully saturated rings. The quantitative estimate of drug-likeness (QED) is 0.633. The van der Waals surface area contributed by atoms with Crippen LogP contribution in [0.5, 0.6) is 0 Å². The zero-order chi connectivity index (χ0) is 12.3. The van der Waals surface area contributed by atoms with Crippen molar-refractivity contribution >= 4 is 17.6 Å². The van der Waals surface area contributed by atoms with Crippen LogP contribution in [0.15, 0.2) is 23.1 Å². The number of amidine groups is 1. The summed E-state index contributed by atoms with van der Waals surface area (Å²) < 4.78 is 0. The van der Waals surface area contributed by atoms with Crippen molar-refractivity contribution in [3.05, 3.63) is 29.3 Å². The summed E-state index contributed by atoms with van der Waals surface area (Å²) in [6, 6.07) is 6.24. The molecule has 0 saturated heterocycles. The number of thioether (sulfide) groups is 1. The first kappa shape index (κ1) is 12.5. The number of nitrogens with one attached hydrogen (secondary N) is 1. The molecule has 2 rings (SSSR count). The highest BCUT2D eigenvalue weighted by molar-refractivity contribution is 8.00. The van der Waals surface area contributed by atoms with Gasteiger partial charge in [-0.1, -0.05) is 19.3 Å². The largest absolute Gasteiger partial charge is 0.384 e. The van der Waals surface area contributed by atoms with E-state index in [2.05, 4.69) is 12.1 Å². The van der Waals surface area contributed by atoms with Gasteiger partial charge in [0.1, 0.15) is 5.84 Å². The summed E-state index contributed by atoms with van der Waals surface area (Å²) in [4.78, 5) is 1.32. The van der Waals surface area contributed by atoms with Crippen LogP contribution in [0.3, 0.4) is 0 Å². The maximum absolute atomic E-state index is 7.47.